The van der Waals surface area contributed by atoms with E-state index in [1.807, 2.05) is 12.1 Å². The van der Waals surface area contributed by atoms with Crippen molar-refractivity contribution in [2.24, 2.45) is 0 Å². The topological polar surface area (TPSA) is 49.7 Å². The van der Waals surface area contributed by atoms with Crippen molar-refractivity contribution in [3.8, 4) is 5.75 Å². The quantitative estimate of drug-likeness (QED) is 0.861. The van der Waals surface area contributed by atoms with Gasteiger partial charge in [-0.3, -0.25) is 0 Å². The van der Waals surface area contributed by atoms with Crippen LogP contribution < -0.4 is 4.74 Å². The van der Waals surface area contributed by atoms with Gasteiger partial charge < -0.3 is 14.9 Å². The molecular formula is C16H22O3. The number of hydrogen-bond donors (Lipinski definition) is 2. The van der Waals surface area contributed by atoms with E-state index in [4.69, 9.17) is 4.74 Å². The Hall–Kier alpha value is -1.06. The van der Waals surface area contributed by atoms with Crippen molar-refractivity contribution in [1.82, 2.24) is 0 Å². The number of ether oxygens (including phenoxy) is 1. The first-order chi connectivity index (χ1) is 9.24. The van der Waals surface area contributed by atoms with Crippen LogP contribution in [0, 0.1) is 0 Å². The molecular weight excluding hydrogens is 240 g/mol. The van der Waals surface area contributed by atoms with Gasteiger partial charge in [0, 0.05) is 0 Å². The number of aliphatic hydroxyl groups is 2. The fourth-order valence-electron chi connectivity index (χ4n) is 3.22. The van der Waals surface area contributed by atoms with Crippen LogP contribution in [0.1, 0.15) is 55.8 Å². The molecule has 1 aromatic rings. The molecule has 2 N–H and O–H groups in total. The second-order valence-electron chi connectivity index (χ2n) is 5.78. The summed E-state index contributed by atoms with van der Waals surface area (Å²) in [5.74, 6) is 0.783. The minimum Gasteiger partial charge on any atom is -0.488 e. The summed E-state index contributed by atoms with van der Waals surface area (Å²) in [6, 6.07) is 5.99. The van der Waals surface area contributed by atoms with E-state index in [9.17, 15) is 10.2 Å². The highest BCUT2D eigenvalue weighted by molar-refractivity contribution is 5.38. The molecule has 0 bridgehead atoms. The van der Waals surface area contributed by atoms with Gasteiger partial charge in [-0.05, 0) is 61.8 Å². The molecule has 19 heavy (non-hydrogen) atoms. The van der Waals surface area contributed by atoms with Crippen LogP contribution >= 0.6 is 0 Å². The summed E-state index contributed by atoms with van der Waals surface area (Å²) in [7, 11) is 0. The molecule has 2 aliphatic rings. The normalized spacial score (nSPS) is 30.7. The Morgan fingerprint density at radius 3 is 2.68 bits per heavy atom. The van der Waals surface area contributed by atoms with Crippen LogP contribution in [0.4, 0.5) is 0 Å². The molecule has 3 rings (SSSR count). The van der Waals surface area contributed by atoms with E-state index in [2.05, 4.69) is 6.07 Å². The smallest absolute Gasteiger partial charge is 0.124 e. The Morgan fingerprint density at radius 2 is 1.84 bits per heavy atom. The zero-order valence-electron chi connectivity index (χ0n) is 11.2. The molecule has 0 radical (unpaired) electrons. The van der Waals surface area contributed by atoms with Crippen LogP contribution in [0.5, 0.6) is 5.75 Å². The minimum absolute atomic E-state index is 0.0902. The van der Waals surface area contributed by atoms with Crippen LogP contribution in [0.3, 0.4) is 0 Å². The zero-order chi connectivity index (χ0) is 13.2. The molecule has 1 saturated carbocycles. The molecule has 2 unspecified atom stereocenters. The van der Waals surface area contributed by atoms with Crippen molar-refractivity contribution in [3.63, 3.8) is 0 Å². The van der Waals surface area contributed by atoms with Gasteiger partial charge in [0.15, 0.2) is 0 Å². The van der Waals surface area contributed by atoms with E-state index >= 15 is 0 Å². The summed E-state index contributed by atoms with van der Waals surface area (Å²) in [5, 5.41) is 20.0. The molecule has 0 heterocycles. The fourth-order valence-corrected chi connectivity index (χ4v) is 3.22. The molecule has 0 amide bonds. The first kappa shape index (κ1) is 12.9. The van der Waals surface area contributed by atoms with Crippen molar-refractivity contribution in [2.75, 3.05) is 0 Å². The van der Waals surface area contributed by atoms with Gasteiger partial charge in [0.05, 0.1) is 12.2 Å². The third kappa shape index (κ3) is 2.77. The lowest BCUT2D eigenvalue weighted by Crippen LogP contribution is -2.34. The van der Waals surface area contributed by atoms with E-state index in [1.54, 1.807) is 0 Å². The average molecular weight is 262 g/mol. The lowest BCUT2D eigenvalue weighted by atomic mass is 9.89. The Bertz CT molecular complexity index is 444. The molecule has 1 aromatic carbocycles. The first-order valence-electron chi connectivity index (χ1n) is 7.39. The highest BCUT2D eigenvalue weighted by Gasteiger charge is 2.25. The van der Waals surface area contributed by atoms with E-state index in [0.29, 0.717) is 0 Å². The van der Waals surface area contributed by atoms with Gasteiger partial charge in [0.25, 0.3) is 0 Å². The summed E-state index contributed by atoms with van der Waals surface area (Å²) in [5.41, 5.74) is 2.24. The average Bonchev–Trinajstić information content (AvgIpc) is 2.42. The summed E-state index contributed by atoms with van der Waals surface area (Å²) in [4.78, 5) is 0. The molecule has 3 heteroatoms. The Morgan fingerprint density at radius 1 is 1.00 bits per heavy atom. The molecule has 0 spiro atoms. The largest absolute Gasteiger partial charge is 0.488 e. The van der Waals surface area contributed by atoms with Crippen molar-refractivity contribution in [1.29, 1.82) is 0 Å². The summed E-state index contributed by atoms with van der Waals surface area (Å²) in [6.45, 7) is 0. The van der Waals surface area contributed by atoms with Crippen LogP contribution in [0.15, 0.2) is 18.2 Å². The summed E-state index contributed by atoms with van der Waals surface area (Å²) < 4.78 is 5.92. The minimum atomic E-state index is -0.358. The second kappa shape index (κ2) is 5.51. The van der Waals surface area contributed by atoms with Crippen molar-refractivity contribution >= 4 is 0 Å². The van der Waals surface area contributed by atoms with Crippen molar-refractivity contribution in [2.45, 2.75) is 63.3 Å². The van der Waals surface area contributed by atoms with Gasteiger partial charge in [-0.25, -0.2) is 0 Å². The van der Waals surface area contributed by atoms with Gasteiger partial charge in [-0.1, -0.05) is 12.5 Å². The van der Waals surface area contributed by atoms with Crippen LogP contribution in [-0.4, -0.2) is 22.4 Å². The first-order valence-corrected chi connectivity index (χ1v) is 7.39. The number of benzene rings is 1. The van der Waals surface area contributed by atoms with Crippen LogP contribution in [0.25, 0.3) is 0 Å². The highest BCUT2D eigenvalue weighted by Crippen LogP contribution is 2.33. The Kier molecular flexibility index (Phi) is 3.76. The summed E-state index contributed by atoms with van der Waals surface area (Å²) in [6.07, 6.45) is 6.08. The number of aryl methyl sites for hydroxylation is 1. The Balaban J connectivity index is 1.76. The van der Waals surface area contributed by atoms with Crippen LogP contribution in [-0.2, 0) is 6.42 Å². The number of fused-ring (bicyclic) bond motifs is 1. The molecule has 3 nitrogen and oxygen atoms in total. The molecule has 0 aromatic heterocycles. The van der Waals surface area contributed by atoms with Gasteiger partial charge in [0.1, 0.15) is 11.9 Å². The van der Waals surface area contributed by atoms with Gasteiger partial charge in [0.2, 0.25) is 0 Å². The van der Waals surface area contributed by atoms with Crippen LogP contribution in [0.2, 0.25) is 0 Å². The van der Waals surface area contributed by atoms with E-state index in [0.717, 1.165) is 56.3 Å². The molecule has 104 valence electrons. The number of rotatable bonds is 2. The highest BCUT2D eigenvalue weighted by atomic mass is 16.5. The molecule has 0 aliphatic heterocycles. The number of aliphatic hydroxyl groups excluding tert-OH is 2. The zero-order valence-corrected chi connectivity index (χ0v) is 11.2. The SMILES string of the molecule is OC1CCCCC1Oc1ccc2c(c1)[C@@H](O)CCC2. The van der Waals surface area contributed by atoms with E-state index < -0.39 is 0 Å². The van der Waals surface area contributed by atoms with E-state index in [-0.39, 0.29) is 18.3 Å². The molecule has 0 saturated heterocycles. The van der Waals surface area contributed by atoms with Gasteiger partial charge in [-0.2, -0.15) is 0 Å². The second-order valence-corrected chi connectivity index (χ2v) is 5.78. The monoisotopic (exact) mass is 262 g/mol. The third-order valence-electron chi connectivity index (χ3n) is 4.36. The standard InChI is InChI=1S/C16H22O3/c17-14-6-3-4-11-8-9-12(10-13(11)14)19-16-7-2-1-5-15(16)18/h8-10,14-18H,1-7H2/t14-,15?,16?/m0/s1. The molecule has 3 atom stereocenters. The Labute approximate surface area is 114 Å². The molecule has 1 fully saturated rings. The maximum absolute atomic E-state index is 10.0. The van der Waals surface area contributed by atoms with Gasteiger partial charge >= 0.3 is 0 Å². The van der Waals surface area contributed by atoms with Crippen molar-refractivity contribution < 1.29 is 14.9 Å². The predicted molar refractivity (Wildman–Crippen MR) is 73.2 cm³/mol. The molecule has 2 aliphatic carbocycles. The maximum Gasteiger partial charge on any atom is 0.124 e. The third-order valence-corrected chi connectivity index (χ3v) is 4.36. The predicted octanol–water partition coefficient (Wildman–Crippen LogP) is 2.74. The lowest BCUT2D eigenvalue weighted by molar-refractivity contribution is 0.00669. The summed E-state index contributed by atoms with van der Waals surface area (Å²) >= 11 is 0. The lowest BCUT2D eigenvalue weighted by Gasteiger charge is -2.29. The van der Waals surface area contributed by atoms with Crippen molar-refractivity contribution in [3.05, 3.63) is 29.3 Å². The number of hydrogen-bond acceptors (Lipinski definition) is 3. The fraction of sp³-hybridized carbons (Fsp3) is 0.625. The van der Waals surface area contributed by atoms with Gasteiger partial charge in [-0.15, -0.1) is 0 Å². The van der Waals surface area contributed by atoms with E-state index in [1.165, 1.54) is 5.56 Å². The maximum atomic E-state index is 10.0.